The van der Waals surface area contributed by atoms with Gasteiger partial charge in [-0.15, -0.1) is 6.30 Å². The van der Waals surface area contributed by atoms with E-state index in [-0.39, 0.29) is 7.17 Å². The van der Waals surface area contributed by atoms with E-state index in [2.05, 4.69) is 18.3 Å². The second kappa shape index (κ2) is 3.24. The molecule has 0 heterocycles. The van der Waals surface area contributed by atoms with Gasteiger partial charge in [-0.05, 0) is 6.92 Å². The summed E-state index contributed by atoms with van der Waals surface area (Å²) < 4.78 is 0. The molecule has 0 aromatic rings. The first kappa shape index (κ1) is 6.04. The van der Waals surface area contributed by atoms with Gasteiger partial charge in [0, 0.05) is 0 Å². The van der Waals surface area contributed by atoms with Crippen molar-refractivity contribution in [2.45, 2.75) is 13.8 Å². The molecule has 0 aliphatic heterocycles. The topological polar surface area (TPSA) is 0 Å². The van der Waals surface area contributed by atoms with Gasteiger partial charge in [0.05, 0.1) is 0 Å². The maximum atomic E-state index is 3.83. The lowest BCUT2D eigenvalue weighted by molar-refractivity contribution is 1.73. The lowest BCUT2D eigenvalue weighted by atomic mass is 11.0. The molecule has 0 saturated carbocycles. The predicted octanol–water partition coefficient (Wildman–Crippen LogP) is 1.90. The van der Waals surface area contributed by atoms with Crippen LogP contribution in [0.3, 0.4) is 0 Å². The van der Waals surface area contributed by atoms with E-state index in [1.54, 1.807) is 0 Å². The third-order valence-corrected chi connectivity index (χ3v) is 1.99. The van der Waals surface area contributed by atoms with Crippen molar-refractivity contribution in [1.82, 2.24) is 0 Å². The third-order valence-electron chi connectivity index (χ3n) is 0.663. The van der Waals surface area contributed by atoms with Crippen molar-refractivity contribution < 1.29 is 0 Å². The fraction of sp³-hybridized carbons (Fsp3) is 0.400. The van der Waals surface area contributed by atoms with Crippen LogP contribution in [0.1, 0.15) is 13.8 Å². The summed E-state index contributed by atoms with van der Waals surface area (Å²) in [5, 5.41) is 0. The fourth-order valence-electron chi connectivity index (χ4n) is 0.149. The maximum absolute atomic E-state index is 3.83. The number of hydrogen-bond acceptors (Lipinski definition) is 0. The van der Waals surface area contributed by atoms with Crippen LogP contribution in [0, 0.1) is 6.16 Å². The minimum Gasteiger partial charge on any atom is -0.297 e. The Hall–Kier alpha value is 0.0400. The van der Waals surface area contributed by atoms with Gasteiger partial charge < -0.3 is 0 Å². The molecule has 0 fully saturated rings. The van der Waals surface area contributed by atoms with E-state index in [4.69, 9.17) is 0 Å². The molecule has 0 nitrogen and oxygen atoms in total. The van der Waals surface area contributed by atoms with Crippen LogP contribution in [0.15, 0.2) is 0 Å². The zero-order chi connectivity index (χ0) is 4.99. The van der Waals surface area contributed by atoms with Crippen molar-refractivity contribution in [3.8, 4) is 0 Å². The molecule has 0 saturated heterocycles. The van der Waals surface area contributed by atoms with E-state index in [1.807, 2.05) is 13.8 Å². The highest BCUT2D eigenvalue weighted by atomic mass is 31.1. The summed E-state index contributed by atoms with van der Waals surface area (Å²) in [5.74, 6) is 2.12. The molecule has 1 heteroatoms. The SMILES string of the molecule is C=P(=CC)[CH-]C. The minimum atomic E-state index is -0.0761. The minimum absolute atomic E-state index is 0.0761. The largest absolute Gasteiger partial charge is 0.297 e. The molecule has 0 radical (unpaired) electrons. The van der Waals surface area contributed by atoms with Crippen molar-refractivity contribution in [2.75, 3.05) is 0 Å². The smallest absolute Gasteiger partial charge is 0.0455 e. The zero-order valence-corrected chi connectivity index (χ0v) is 5.20. The highest BCUT2D eigenvalue weighted by Crippen LogP contribution is 2.05. The summed E-state index contributed by atoms with van der Waals surface area (Å²) in [4.78, 5) is 0. The summed E-state index contributed by atoms with van der Waals surface area (Å²) >= 11 is 0. The monoisotopic (exact) mass is 101 g/mol. The van der Waals surface area contributed by atoms with Gasteiger partial charge in [-0.25, -0.2) is 0 Å². The van der Waals surface area contributed by atoms with Gasteiger partial charge in [0.25, 0.3) is 0 Å². The van der Waals surface area contributed by atoms with Gasteiger partial charge in [-0.1, -0.05) is 5.80 Å². The zero-order valence-electron chi connectivity index (χ0n) is 4.31. The summed E-state index contributed by atoms with van der Waals surface area (Å²) in [7, 11) is -0.0761. The predicted molar refractivity (Wildman–Crippen MR) is 35.8 cm³/mol. The molecule has 1 atom stereocenters. The van der Waals surface area contributed by atoms with Gasteiger partial charge in [0.1, 0.15) is 0 Å². The molecule has 0 spiro atoms. The van der Waals surface area contributed by atoms with E-state index in [9.17, 15) is 0 Å². The lowest BCUT2D eigenvalue weighted by Gasteiger charge is -1.91. The van der Waals surface area contributed by atoms with Crippen molar-refractivity contribution in [1.29, 1.82) is 0 Å². The molecule has 0 N–H and O–H groups in total. The van der Waals surface area contributed by atoms with Crippen molar-refractivity contribution in [2.24, 2.45) is 0 Å². The van der Waals surface area contributed by atoms with Crippen LogP contribution in [-0.2, 0) is 0 Å². The Labute approximate surface area is 40.2 Å². The number of rotatable bonds is 1. The molecule has 0 aromatic heterocycles. The Morgan fingerprint density at radius 2 is 2.33 bits per heavy atom. The van der Waals surface area contributed by atoms with Crippen LogP contribution in [0.5, 0.6) is 0 Å². The summed E-state index contributed by atoms with van der Waals surface area (Å²) in [5.41, 5.74) is 0. The standard InChI is InChI=1S/C5H10P/c1-4-6(3)5-2/h4-5H,3H2,1-2H3/q-1. The van der Waals surface area contributed by atoms with E-state index in [0.717, 1.165) is 0 Å². The molecule has 1 unspecified atom stereocenters. The van der Waals surface area contributed by atoms with Crippen LogP contribution in [0.4, 0.5) is 0 Å². The molecule has 0 aliphatic rings. The average Bonchev–Trinajstić information content (AvgIpc) is 1.65. The molecular weight excluding hydrogens is 91.0 g/mol. The van der Waals surface area contributed by atoms with E-state index in [0.29, 0.717) is 0 Å². The second-order valence-corrected chi connectivity index (χ2v) is 3.09. The normalized spacial score (nSPS) is 12.0. The van der Waals surface area contributed by atoms with Gasteiger partial charge in [0.2, 0.25) is 0 Å². The van der Waals surface area contributed by atoms with Gasteiger partial charge in [-0.3, -0.25) is 13.3 Å². The van der Waals surface area contributed by atoms with E-state index < -0.39 is 0 Å². The first-order chi connectivity index (χ1) is 2.81. The summed E-state index contributed by atoms with van der Waals surface area (Å²) in [6.45, 7) is 4.08. The quantitative estimate of drug-likeness (QED) is 0.349. The molecule has 36 valence electrons. The lowest BCUT2D eigenvalue weighted by Crippen LogP contribution is -1.48. The van der Waals surface area contributed by atoms with Gasteiger partial charge in [-0.2, -0.15) is 6.92 Å². The summed E-state index contributed by atoms with van der Waals surface area (Å²) in [6, 6.07) is 0. The Bertz CT molecular complexity index is 86.1. The molecule has 0 aromatic carbocycles. The third kappa shape index (κ3) is 2.29. The second-order valence-electron chi connectivity index (χ2n) is 1.03. The van der Waals surface area contributed by atoms with Crippen LogP contribution in [0.25, 0.3) is 0 Å². The first-order valence-corrected chi connectivity index (χ1v) is 3.65. The van der Waals surface area contributed by atoms with Crippen LogP contribution < -0.4 is 0 Å². The molecular formula is C5H10P-. The van der Waals surface area contributed by atoms with E-state index >= 15 is 0 Å². The molecule has 0 rings (SSSR count). The van der Waals surface area contributed by atoms with Gasteiger partial charge in [0.15, 0.2) is 0 Å². The van der Waals surface area contributed by atoms with Crippen molar-refractivity contribution in [3.05, 3.63) is 6.16 Å². The van der Waals surface area contributed by atoms with Crippen LogP contribution in [-0.4, -0.2) is 12.1 Å². The average molecular weight is 101 g/mol. The van der Waals surface area contributed by atoms with Crippen LogP contribution in [0.2, 0.25) is 0 Å². The fourth-order valence-corrected chi connectivity index (χ4v) is 0.447. The molecule has 0 aliphatic carbocycles. The Kier molecular flexibility index (Phi) is 3.26. The van der Waals surface area contributed by atoms with Crippen molar-refractivity contribution in [3.63, 3.8) is 0 Å². The van der Waals surface area contributed by atoms with Crippen molar-refractivity contribution >= 4 is 19.3 Å². The Morgan fingerprint density at radius 3 is 2.33 bits per heavy atom. The molecule has 0 amide bonds. The first-order valence-electron chi connectivity index (χ1n) is 1.99. The molecule has 6 heavy (non-hydrogen) atoms. The highest BCUT2D eigenvalue weighted by Gasteiger charge is 1.46. The molecule has 0 bridgehead atoms. The van der Waals surface area contributed by atoms with Crippen LogP contribution >= 0.6 is 7.17 Å². The highest BCUT2D eigenvalue weighted by molar-refractivity contribution is 7.57. The maximum Gasteiger partial charge on any atom is -0.0455 e. The Balaban J connectivity index is 3.54. The summed E-state index contributed by atoms with van der Waals surface area (Å²) in [6.07, 6.45) is 5.95. The Morgan fingerprint density at radius 1 is 1.83 bits per heavy atom. The van der Waals surface area contributed by atoms with E-state index in [1.165, 1.54) is 0 Å². The number of hydrogen-bond donors (Lipinski definition) is 0. The van der Waals surface area contributed by atoms with Gasteiger partial charge >= 0.3 is 0 Å².